The van der Waals surface area contributed by atoms with Crippen molar-refractivity contribution < 1.29 is 14.3 Å². The van der Waals surface area contributed by atoms with Gasteiger partial charge in [0.2, 0.25) is 0 Å². The van der Waals surface area contributed by atoms with Crippen LogP contribution in [0.3, 0.4) is 0 Å². The van der Waals surface area contributed by atoms with E-state index in [0.717, 1.165) is 5.56 Å². The second-order valence-electron chi connectivity index (χ2n) is 3.70. The first-order valence-electron chi connectivity index (χ1n) is 5.38. The predicted molar refractivity (Wildman–Crippen MR) is 64.5 cm³/mol. The summed E-state index contributed by atoms with van der Waals surface area (Å²) in [5.74, 6) is -0.345. The monoisotopic (exact) mass is 238 g/mol. The number of ether oxygens (including phenoxy) is 2. The van der Waals surface area contributed by atoms with E-state index in [1.165, 1.54) is 7.11 Å². The van der Waals surface area contributed by atoms with Gasteiger partial charge in [0, 0.05) is 12.6 Å². The minimum Gasteiger partial charge on any atom is -0.465 e. The molecule has 5 nitrogen and oxygen atoms in total. The van der Waals surface area contributed by atoms with Crippen molar-refractivity contribution in [1.29, 1.82) is 0 Å². The van der Waals surface area contributed by atoms with E-state index in [1.54, 1.807) is 12.1 Å². The van der Waals surface area contributed by atoms with Gasteiger partial charge in [-0.1, -0.05) is 12.1 Å². The Bertz CT molecular complexity index is 351. The lowest BCUT2D eigenvalue weighted by molar-refractivity contribution is 0.0600. The molecular weight excluding hydrogens is 220 g/mol. The smallest absolute Gasteiger partial charge is 0.337 e. The van der Waals surface area contributed by atoms with Gasteiger partial charge >= 0.3 is 5.97 Å². The number of benzene rings is 1. The Balaban J connectivity index is 2.43. The molecule has 0 unspecified atom stereocenters. The lowest BCUT2D eigenvalue weighted by Gasteiger charge is -2.09. The van der Waals surface area contributed by atoms with Gasteiger partial charge in [-0.2, -0.15) is 0 Å². The Morgan fingerprint density at radius 2 is 2.00 bits per heavy atom. The lowest BCUT2D eigenvalue weighted by Crippen LogP contribution is -2.34. The summed E-state index contributed by atoms with van der Waals surface area (Å²) >= 11 is 0. The molecule has 5 heteroatoms. The molecule has 0 amide bonds. The molecule has 0 bridgehead atoms. The SMILES string of the molecule is COC(=O)c1ccc(COC[C@@H](N)CN)cc1. The lowest BCUT2D eigenvalue weighted by atomic mass is 10.1. The molecule has 0 aliphatic carbocycles. The molecule has 1 aromatic carbocycles. The number of esters is 1. The third-order valence-corrected chi connectivity index (χ3v) is 2.28. The summed E-state index contributed by atoms with van der Waals surface area (Å²) in [7, 11) is 1.35. The highest BCUT2D eigenvalue weighted by molar-refractivity contribution is 5.89. The molecule has 0 saturated carbocycles. The molecule has 1 atom stereocenters. The van der Waals surface area contributed by atoms with Crippen LogP contribution in [-0.4, -0.2) is 32.3 Å². The Hall–Kier alpha value is -1.43. The topological polar surface area (TPSA) is 87.6 Å². The van der Waals surface area contributed by atoms with Crippen molar-refractivity contribution >= 4 is 5.97 Å². The second kappa shape index (κ2) is 7.01. The molecule has 0 aromatic heterocycles. The summed E-state index contributed by atoms with van der Waals surface area (Å²) in [6.07, 6.45) is 0. The summed E-state index contributed by atoms with van der Waals surface area (Å²) in [5, 5.41) is 0. The molecule has 0 aliphatic rings. The molecule has 0 spiro atoms. The molecule has 0 saturated heterocycles. The minimum atomic E-state index is -0.345. The molecule has 0 radical (unpaired) electrons. The van der Waals surface area contributed by atoms with Crippen LogP contribution in [0.2, 0.25) is 0 Å². The van der Waals surface area contributed by atoms with Crippen molar-refractivity contribution in [2.75, 3.05) is 20.3 Å². The molecule has 0 fully saturated rings. The van der Waals surface area contributed by atoms with Crippen LogP contribution in [0.5, 0.6) is 0 Å². The highest BCUT2D eigenvalue weighted by Gasteiger charge is 2.04. The highest BCUT2D eigenvalue weighted by Crippen LogP contribution is 2.06. The maximum Gasteiger partial charge on any atom is 0.337 e. The third kappa shape index (κ3) is 4.52. The maximum atomic E-state index is 11.2. The molecule has 94 valence electrons. The van der Waals surface area contributed by atoms with Crippen molar-refractivity contribution in [2.45, 2.75) is 12.6 Å². The van der Waals surface area contributed by atoms with Crippen LogP contribution in [-0.2, 0) is 16.1 Å². The summed E-state index contributed by atoms with van der Waals surface area (Å²) in [6.45, 7) is 1.28. The van der Waals surface area contributed by atoms with Crippen molar-refractivity contribution in [3.8, 4) is 0 Å². The minimum absolute atomic E-state index is 0.135. The van der Waals surface area contributed by atoms with Gasteiger partial charge in [-0.05, 0) is 17.7 Å². The Kier molecular flexibility index (Phi) is 5.62. The van der Waals surface area contributed by atoms with Gasteiger partial charge in [-0.3, -0.25) is 0 Å². The van der Waals surface area contributed by atoms with E-state index >= 15 is 0 Å². The molecule has 4 N–H and O–H groups in total. The predicted octanol–water partition coefficient (Wildman–Crippen LogP) is 0.276. The van der Waals surface area contributed by atoms with Crippen LogP contribution >= 0.6 is 0 Å². The number of nitrogens with two attached hydrogens (primary N) is 2. The average Bonchev–Trinajstić information content (AvgIpc) is 2.38. The Morgan fingerprint density at radius 3 is 2.53 bits per heavy atom. The van der Waals surface area contributed by atoms with Crippen LogP contribution in [0, 0.1) is 0 Å². The number of hydrogen-bond acceptors (Lipinski definition) is 5. The molecule has 0 heterocycles. The summed E-state index contributed by atoms with van der Waals surface area (Å²) in [6, 6.07) is 6.91. The quantitative estimate of drug-likeness (QED) is 0.695. The largest absolute Gasteiger partial charge is 0.465 e. The van der Waals surface area contributed by atoms with Crippen molar-refractivity contribution in [3.05, 3.63) is 35.4 Å². The third-order valence-electron chi connectivity index (χ3n) is 2.28. The zero-order valence-electron chi connectivity index (χ0n) is 9.89. The van der Waals surface area contributed by atoms with Crippen LogP contribution in [0.15, 0.2) is 24.3 Å². The summed E-state index contributed by atoms with van der Waals surface area (Å²) in [5.41, 5.74) is 12.5. The molecule has 1 rings (SSSR count). The maximum absolute atomic E-state index is 11.2. The van der Waals surface area contributed by atoms with Gasteiger partial charge < -0.3 is 20.9 Å². The number of carbonyl (C=O) groups excluding carboxylic acids is 1. The van der Waals surface area contributed by atoms with Crippen LogP contribution in [0.4, 0.5) is 0 Å². The van der Waals surface area contributed by atoms with Gasteiger partial charge in [-0.25, -0.2) is 4.79 Å². The zero-order valence-corrected chi connectivity index (χ0v) is 9.89. The van der Waals surface area contributed by atoms with Crippen LogP contribution in [0.1, 0.15) is 15.9 Å². The fraction of sp³-hybridized carbons (Fsp3) is 0.417. The van der Waals surface area contributed by atoms with E-state index in [0.29, 0.717) is 25.3 Å². The first-order chi connectivity index (χ1) is 8.17. The van der Waals surface area contributed by atoms with Gasteiger partial charge in [0.05, 0.1) is 25.9 Å². The molecule has 0 aliphatic heterocycles. The number of carbonyl (C=O) groups is 1. The number of rotatable bonds is 6. The Labute approximate surface area is 101 Å². The van der Waals surface area contributed by atoms with E-state index in [-0.39, 0.29) is 12.0 Å². The Morgan fingerprint density at radius 1 is 1.35 bits per heavy atom. The van der Waals surface area contributed by atoms with Gasteiger partial charge in [0.1, 0.15) is 0 Å². The van der Waals surface area contributed by atoms with Crippen molar-refractivity contribution in [1.82, 2.24) is 0 Å². The van der Waals surface area contributed by atoms with E-state index in [2.05, 4.69) is 4.74 Å². The summed E-state index contributed by atoms with van der Waals surface area (Å²) in [4.78, 5) is 11.2. The first kappa shape index (κ1) is 13.6. The van der Waals surface area contributed by atoms with Crippen LogP contribution < -0.4 is 11.5 Å². The average molecular weight is 238 g/mol. The van der Waals surface area contributed by atoms with E-state index in [1.807, 2.05) is 12.1 Å². The number of methoxy groups -OCH3 is 1. The molecule has 17 heavy (non-hydrogen) atoms. The van der Waals surface area contributed by atoms with Crippen molar-refractivity contribution in [2.24, 2.45) is 11.5 Å². The fourth-order valence-electron chi connectivity index (χ4n) is 1.25. The zero-order chi connectivity index (χ0) is 12.7. The second-order valence-corrected chi connectivity index (χ2v) is 3.70. The molecule has 1 aromatic rings. The van der Waals surface area contributed by atoms with E-state index < -0.39 is 0 Å². The van der Waals surface area contributed by atoms with Crippen molar-refractivity contribution in [3.63, 3.8) is 0 Å². The van der Waals surface area contributed by atoms with Crippen LogP contribution in [0.25, 0.3) is 0 Å². The summed E-state index contributed by atoms with van der Waals surface area (Å²) < 4.78 is 9.98. The highest BCUT2D eigenvalue weighted by atomic mass is 16.5. The first-order valence-corrected chi connectivity index (χ1v) is 5.38. The van der Waals surface area contributed by atoms with E-state index in [4.69, 9.17) is 16.2 Å². The van der Waals surface area contributed by atoms with E-state index in [9.17, 15) is 4.79 Å². The fourth-order valence-corrected chi connectivity index (χ4v) is 1.25. The normalized spacial score (nSPS) is 12.2. The van der Waals surface area contributed by atoms with Gasteiger partial charge in [0.25, 0.3) is 0 Å². The molecular formula is C12H18N2O3. The van der Waals surface area contributed by atoms with Gasteiger partial charge in [0.15, 0.2) is 0 Å². The number of hydrogen-bond donors (Lipinski definition) is 2. The standard InChI is InChI=1S/C12H18N2O3/c1-16-12(15)10-4-2-9(3-5-10)7-17-8-11(14)6-13/h2-5,11H,6-8,13-14H2,1H3/t11-/m0/s1. The van der Waals surface area contributed by atoms with Gasteiger partial charge in [-0.15, -0.1) is 0 Å².